The van der Waals surface area contributed by atoms with Crippen molar-refractivity contribution in [2.75, 3.05) is 0 Å². The van der Waals surface area contributed by atoms with Gasteiger partial charge in [-0.25, -0.2) is 4.79 Å². The number of carboxylic acids is 2. The SMILES string of the molecule is O=S(=O)(O)O.[2H]C([2H])([2H])C([2H])(C)[C@]([2H])(N)C(=O)O.[2H]C([2H])([2H])C([2H])(C)[C@]([2H])(O)C(=O)O. The van der Waals surface area contributed by atoms with Crippen LogP contribution in [-0.4, -0.2) is 56.9 Å². The van der Waals surface area contributed by atoms with Crippen LogP contribution in [0.2, 0.25) is 0 Å². The van der Waals surface area contributed by atoms with E-state index in [1.165, 1.54) is 0 Å². The first-order valence-electron chi connectivity index (χ1n) is 9.57. The zero-order valence-corrected chi connectivity index (χ0v) is 11.7. The first-order chi connectivity index (χ1) is 12.9. The lowest BCUT2D eigenvalue weighted by atomic mass is 10.1. The van der Waals surface area contributed by atoms with Crippen molar-refractivity contribution in [2.24, 2.45) is 17.5 Å². The molecule has 0 bridgehead atoms. The highest BCUT2D eigenvalue weighted by Crippen LogP contribution is 1.99. The molecule has 0 saturated heterocycles. The van der Waals surface area contributed by atoms with Crippen molar-refractivity contribution >= 4 is 22.3 Å². The summed E-state index contributed by atoms with van der Waals surface area (Å²) >= 11 is 0. The lowest BCUT2D eigenvalue weighted by molar-refractivity contribution is -0.148. The van der Waals surface area contributed by atoms with E-state index in [0.717, 1.165) is 6.92 Å². The van der Waals surface area contributed by atoms with Crippen molar-refractivity contribution in [2.45, 2.75) is 39.6 Å². The Bertz CT molecular complexity index is 687. The molecule has 11 heteroatoms. The second-order valence-electron chi connectivity index (χ2n) is 3.07. The molecule has 0 rings (SSSR count). The highest BCUT2D eigenvalue weighted by atomic mass is 32.3. The molecule has 4 atom stereocenters. The van der Waals surface area contributed by atoms with Gasteiger partial charge < -0.3 is 21.1 Å². The Hall–Kier alpha value is -1.27. The smallest absolute Gasteiger partial charge is 0.394 e. The summed E-state index contributed by atoms with van der Waals surface area (Å²) in [5, 5.41) is 25.8. The third-order valence-electron chi connectivity index (χ3n) is 1.19. The van der Waals surface area contributed by atoms with Gasteiger partial charge in [0.15, 0.2) is 6.08 Å². The largest absolute Gasteiger partial charge is 0.480 e. The maximum atomic E-state index is 10.4. The van der Waals surface area contributed by atoms with Crippen LogP contribution in [0.3, 0.4) is 0 Å². The van der Waals surface area contributed by atoms with Crippen LogP contribution in [0.25, 0.3) is 0 Å². The third-order valence-corrected chi connectivity index (χ3v) is 1.19. The zero-order valence-electron chi connectivity index (χ0n) is 20.9. The molecule has 0 aromatic rings. The molecule has 0 saturated carbocycles. The van der Waals surface area contributed by atoms with Gasteiger partial charge in [0, 0.05) is 11.0 Å². The zero-order chi connectivity index (χ0) is 26.7. The Morgan fingerprint density at radius 1 is 1.10 bits per heavy atom. The van der Waals surface area contributed by atoms with E-state index in [0.29, 0.717) is 6.92 Å². The van der Waals surface area contributed by atoms with Crippen LogP contribution in [0.4, 0.5) is 0 Å². The summed E-state index contributed by atoms with van der Waals surface area (Å²) in [4.78, 5) is 20.7. The fourth-order valence-electron chi connectivity index (χ4n) is 0.321. The maximum Gasteiger partial charge on any atom is 0.394 e. The highest BCUT2D eigenvalue weighted by Gasteiger charge is 2.16. The van der Waals surface area contributed by atoms with E-state index in [1.54, 1.807) is 0 Å². The number of nitrogens with two attached hydrogens (primary N) is 1. The first kappa shape index (κ1) is 9.69. The fraction of sp³-hybridized carbons (Fsp3) is 0.800. The Morgan fingerprint density at radius 3 is 1.52 bits per heavy atom. The van der Waals surface area contributed by atoms with Gasteiger partial charge in [-0.05, 0) is 11.8 Å². The summed E-state index contributed by atoms with van der Waals surface area (Å²) in [6, 6.07) is -2.85. The minimum absolute atomic E-state index is 0.682. The summed E-state index contributed by atoms with van der Waals surface area (Å²) in [5.74, 6) is -9.21. The molecule has 0 fully saturated rings. The lowest BCUT2D eigenvalue weighted by Crippen LogP contribution is -2.34. The van der Waals surface area contributed by atoms with Crippen molar-refractivity contribution in [1.29, 1.82) is 0 Å². The maximum absolute atomic E-state index is 10.4. The number of hydrogen-bond donors (Lipinski definition) is 6. The molecular weight excluding hydrogens is 310 g/mol. The quantitative estimate of drug-likeness (QED) is 0.361. The van der Waals surface area contributed by atoms with Gasteiger partial charge in [0.1, 0.15) is 6.02 Å². The highest BCUT2D eigenvalue weighted by molar-refractivity contribution is 7.79. The predicted molar refractivity (Wildman–Crippen MR) is 73.1 cm³/mol. The second-order valence-corrected chi connectivity index (χ2v) is 3.97. The number of carboxylic acid groups (broad SMARTS) is 2. The van der Waals surface area contributed by atoms with E-state index in [4.69, 9.17) is 52.3 Å². The lowest BCUT2D eigenvalue weighted by Gasteiger charge is -2.07. The molecule has 128 valence electrons. The van der Waals surface area contributed by atoms with Gasteiger partial charge in [0.05, 0.1) is 2.74 Å². The molecule has 0 aromatic carbocycles. The third kappa shape index (κ3) is 24.2. The number of hydrogen-bond acceptors (Lipinski definition) is 6. The summed E-state index contributed by atoms with van der Waals surface area (Å²) in [7, 11) is -4.67. The van der Waals surface area contributed by atoms with E-state index in [2.05, 4.69) is 0 Å². The van der Waals surface area contributed by atoms with Crippen molar-refractivity contribution in [3.05, 3.63) is 0 Å². The molecule has 0 aliphatic heterocycles. The van der Waals surface area contributed by atoms with Crippen LogP contribution < -0.4 is 5.73 Å². The van der Waals surface area contributed by atoms with Crippen LogP contribution in [0.15, 0.2) is 0 Å². The van der Waals surface area contributed by atoms with Gasteiger partial charge in [-0.3, -0.25) is 13.9 Å². The molecule has 10 nitrogen and oxygen atoms in total. The Labute approximate surface area is 137 Å². The summed E-state index contributed by atoms with van der Waals surface area (Å²) in [6.45, 7) is -4.47. The summed E-state index contributed by atoms with van der Waals surface area (Å²) < 4.78 is 101. The van der Waals surface area contributed by atoms with Crippen molar-refractivity contribution < 1.29 is 56.1 Å². The number of aliphatic hydroxyl groups is 1. The second kappa shape index (κ2) is 11.4. The van der Waals surface area contributed by atoms with Crippen LogP contribution in [-0.2, 0) is 20.0 Å². The minimum atomic E-state index is -4.67. The molecule has 0 amide bonds. The fourth-order valence-corrected chi connectivity index (χ4v) is 0.321. The van der Waals surface area contributed by atoms with Crippen LogP contribution >= 0.6 is 0 Å². The molecule has 7 N–H and O–H groups in total. The molecule has 0 aliphatic rings. The van der Waals surface area contributed by atoms with E-state index < -0.39 is 59.9 Å². The van der Waals surface area contributed by atoms with Crippen LogP contribution in [0.5, 0.6) is 0 Å². The Balaban J connectivity index is -0.000000416. The Kier molecular flexibility index (Phi) is 5.26. The van der Waals surface area contributed by atoms with Gasteiger partial charge in [-0.15, -0.1) is 0 Å². The molecule has 2 unspecified atom stereocenters. The van der Waals surface area contributed by atoms with E-state index in [-0.39, 0.29) is 0 Å². The topological polar surface area (TPSA) is 195 Å². The van der Waals surface area contributed by atoms with Crippen molar-refractivity contribution in [3.63, 3.8) is 0 Å². The predicted octanol–water partition coefficient (Wildman–Crippen LogP) is -0.511. The van der Waals surface area contributed by atoms with Crippen molar-refractivity contribution in [3.8, 4) is 0 Å². The monoisotopic (exact) mass is 343 g/mol. The average Bonchev–Trinajstić information content (AvgIpc) is 2.42. The molecule has 0 radical (unpaired) electrons. The van der Waals surface area contributed by atoms with Gasteiger partial charge in [0.2, 0.25) is 0 Å². The van der Waals surface area contributed by atoms with Crippen LogP contribution in [0.1, 0.15) is 41.3 Å². The normalized spacial score (nSPS) is 30.2. The first-order valence-corrected chi connectivity index (χ1v) is 5.96. The summed E-state index contributed by atoms with van der Waals surface area (Å²) in [6.07, 6.45) is -3.35. The summed E-state index contributed by atoms with van der Waals surface area (Å²) in [5.41, 5.74) is 4.94. The molecule has 0 spiro atoms. The van der Waals surface area contributed by atoms with E-state index >= 15 is 0 Å². The Morgan fingerprint density at radius 2 is 1.43 bits per heavy atom. The van der Waals surface area contributed by atoms with E-state index in [1.807, 2.05) is 0 Å². The molecule has 0 aromatic heterocycles. The molecular formula is C10H23NO9S. The van der Waals surface area contributed by atoms with Crippen LogP contribution in [0, 0.1) is 11.8 Å². The average molecular weight is 343 g/mol. The van der Waals surface area contributed by atoms with Gasteiger partial charge in [0.25, 0.3) is 0 Å². The van der Waals surface area contributed by atoms with Gasteiger partial charge in [-0.2, -0.15) is 8.42 Å². The molecule has 21 heavy (non-hydrogen) atoms. The molecule has 0 aliphatic carbocycles. The molecule has 0 heterocycles. The van der Waals surface area contributed by atoms with E-state index in [9.17, 15) is 9.59 Å². The standard InChI is InChI=1S/C5H11NO2.C5H10O3.H2O4S/c2*1-3(2)4(6)5(7)8;1-5(2,3)4/h3-4H,6H2,1-2H3,(H,7,8);3-4,6H,1-2H3,(H,7,8);(H2,1,2,3,4)/t2*4-;/m00./s1/i2*1D3,3D,4D;/t2*3?,4-;. The minimum Gasteiger partial charge on any atom is -0.480 e. The number of carbonyl (C=O) groups is 2. The number of aliphatic carboxylic acids is 2. The van der Waals surface area contributed by atoms with Gasteiger partial charge >= 0.3 is 22.3 Å². The van der Waals surface area contributed by atoms with Gasteiger partial charge in [-0.1, -0.05) is 27.6 Å². The van der Waals surface area contributed by atoms with Crippen molar-refractivity contribution in [1.82, 2.24) is 0 Å². The number of rotatable bonds is 4.